The van der Waals surface area contributed by atoms with Crippen molar-refractivity contribution >= 4 is 23.6 Å². The fourth-order valence-electron chi connectivity index (χ4n) is 2.94. The minimum Gasteiger partial charge on any atom is -0.355 e. The van der Waals surface area contributed by atoms with E-state index in [4.69, 9.17) is 0 Å². The fraction of sp³-hybridized carbons (Fsp3) is 0.364. The highest BCUT2D eigenvalue weighted by Gasteiger charge is 2.28. The Balaban J connectivity index is 2.11. The molecule has 156 valence electrons. The molecule has 0 heterocycles. The van der Waals surface area contributed by atoms with E-state index in [1.54, 1.807) is 30.3 Å². The first-order chi connectivity index (χ1) is 14.0. The molecule has 0 saturated carbocycles. The van der Waals surface area contributed by atoms with Gasteiger partial charge in [-0.05, 0) is 42.7 Å². The average Bonchev–Trinajstić information content (AvgIpc) is 2.71. The van der Waals surface area contributed by atoms with Gasteiger partial charge in [0.05, 0.1) is 5.75 Å². The Morgan fingerprint density at radius 3 is 2.38 bits per heavy atom. The highest BCUT2D eigenvalue weighted by molar-refractivity contribution is 7.99. The molecule has 0 fully saturated rings. The summed E-state index contributed by atoms with van der Waals surface area (Å²) in [6.45, 7) is 4.34. The van der Waals surface area contributed by atoms with Crippen molar-refractivity contribution in [3.8, 4) is 0 Å². The molecular weight excluding hydrogens is 394 g/mol. The van der Waals surface area contributed by atoms with Gasteiger partial charge in [0.25, 0.3) is 0 Å². The Labute approximate surface area is 174 Å². The number of thioether (sulfide) groups is 1. The minimum absolute atomic E-state index is 0.117. The van der Waals surface area contributed by atoms with Crippen LogP contribution in [0.4, 0.5) is 8.78 Å². The maximum Gasteiger partial charge on any atom is 0.242 e. The van der Waals surface area contributed by atoms with Gasteiger partial charge in [0.2, 0.25) is 11.8 Å². The summed E-state index contributed by atoms with van der Waals surface area (Å²) in [6.07, 6.45) is 0.455. The van der Waals surface area contributed by atoms with Gasteiger partial charge in [-0.2, -0.15) is 0 Å². The summed E-state index contributed by atoms with van der Waals surface area (Å²) in [5.41, 5.74) is 1.27. The quantitative estimate of drug-likeness (QED) is 0.628. The molecule has 0 aliphatic heterocycles. The molecule has 4 nitrogen and oxygen atoms in total. The smallest absolute Gasteiger partial charge is 0.242 e. The first-order valence-electron chi connectivity index (χ1n) is 9.59. The fourth-order valence-corrected chi connectivity index (χ4v) is 3.84. The molecule has 29 heavy (non-hydrogen) atoms. The molecule has 0 saturated heterocycles. The summed E-state index contributed by atoms with van der Waals surface area (Å²) in [4.78, 5) is 27.0. The topological polar surface area (TPSA) is 49.4 Å². The zero-order chi connectivity index (χ0) is 21.2. The normalized spacial score (nSPS) is 11.7. The molecule has 7 heteroatoms. The Kier molecular flexibility index (Phi) is 9.12. The van der Waals surface area contributed by atoms with Gasteiger partial charge in [-0.1, -0.05) is 37.3 Å². The van der Waals surface area contributed by atoms with Crippen molar-refractivity contribution in [1.29, 1.82) is 0 Å². The van der Waals surface area contributed by atoms with E-state index in [9.17, 15) is 18.4 Å². The number of amides is 2. The summed E-state index contributed by atoms with van der Waals surface area (Å²) < 4.78 is 27.0. The van der Waals surface area contributed by atoms with Gasteiger partial charge in [0.1, 0.15) is 17.7 Å². The van der Waals surface area contributed by atoms with Crippen molar-refractivity contribution in [3.63, 3.8) is 0 Å². The largest absolute Gasteiger partial charge is 0.355 e. The number of benzene rings is 2. The van der Waals surface area contributed by atoms with Crippen LogP contribution in [-0.4, -0.2) is 35.1 Å². The predicted molar refractivity (Wildman–Crippen MR) is 112 cm³/mol. The van der Waals surface area contributed by atoms with Crippen LogP contribution in [0, 0.1) is 11.6 Å². The SMILES string of the molecule is CCNC(=O)[C@@H](CC)N(Cc1ccc(F)cc1)C(=O)CSCc1ccccc1F. The maximum absolute atomic E-state index is 13.8. The second kappa shape index (κ2) is 11.6. The molecule has 0 unspecified atom stereocenters. The Bertz CT molecular complexity index is 815. The van der Waals surface area contributed by atoms with Crippen molar-refractivity contribution < 1.29 is 18.4 Å². The molecule has 2 amide bonds. The van der Waals surface area contributed by atoms with Crippen molar-refractivity contribution in [2.24, 2.45) is 0 Å². The van der Waals surface area contributed by atoms with Crippen molar-refractivity contribution in [1.82, 2.24) is 10.2 Å². The number of nitrogens with one attached hydrogen (secondary N) is 1. The lowest BCUT2D eigenvalue weighted by Gasteiger charge is -2.30. The van der Waals surface area contributed by atoms with Crippen molar-refractivity contribution in [2.45, 2.75) is 38.6 Å². The van der Waals surface area contributed by atoms with E-state index in [-0.39, 0.29) is 35.7 Å². The summed E-state index contributed by atoms with van der Waals surface area (Å²) in [7, 11) is 0. The van der Waals surface area contributed by atoms with E-state index in [2.05, 4.69) is 5.32 Å². The third-order valence-electron chi connectivity index (χ3n) is 4.44. The van der Waals surface area contributed by atoms with E-state index in [1.165, 1.54) is 34.9 Å². The van der Waals surface area contributed by atoms with Crippen LogP contribution in [-0.2, 0) is 21.9 Å². The monoisotopic (exact) mass is 420 g/mol. The van der Waals surface area contributed by atoms with Gasteiger partial charge in [-0.3, -0.25) is 9.59 Å². The molecule has 0 aromatic heterocycles. The zero-order valence-electron chi connectivity index (χ0n) is 16.7. The molecule has 2 aromatic carbocycles. The van der Waals surface area contributed by atoms with Crippen LogP contribution in [0.3, 0.4) is 0 Å². The van der Waals surface area contributed by atoms with Crippen molar-refractivity contribution in [3.05, 3.63) is 71.3 Å². The molecule has 0 aliphatic carbocycles. The molecule has 1 atom stereocenters. The second-order valence-corrected chi connectivity index (χ2v) is 7.54. The molecule has 2 aromatic rings. The molecular formula is C22H26F2N2O2S. The minimum atomic E-state index is -0.624. The molecule has 1 N–H and O–H groups in total. The number of carbonyl (C=O) groups is 2. The number of hydrogen-bond acceptors (Lipinski definition) is 3. The van der Waals surface area contributed by atoms with Crippen LogP contribution in [0.15, 0.2) is 48.5 Å². The van der Waals surface area contributed by atoms with Gasteiger partial charge < -0.3 is 10.2 Å². The third kappa shape index (κ3) is 6.85. The summed E-state index contributed by atoms with van der Waals surface area (Å²) in [6, 6.07) is 11.7. The van der Waals surface area contributed by atoms with Crippen LogP contribution < -0.4 is 5.32 Å². The Morgan fingerprint density at radius 2 is 1.76 bits per heavy atom. The van der Waals surface area contributed by atoms with E-state index >= 15 is 0 Å². The van der Waals surface area contributed by atoms with Gasteiger partial charge in [0.15, 0.2) is 0 Å². The second-order valence-electron chi connectivity index (χ2n) is 6.55. The highest BCUT2D eigenvalue weighted by Crippen LogP contribution is 2.19. The lowest BCUT2D eigenvalue weighted by atomic mass is 10.1. The maximum atomic E-state index is 13.8. The first-order valence-corrected chi connectivity index (χ1v) is 10.7. The summed E-state index contributed by atoms with van der Waals surface area (Å²) in [5.74, 6) is -0.614. The lowest BCUT2D eigenvalue weighted by molar-refractivity contribution is -0.139. The van der Waals surface area contributed by atoms with Gasteiger partial charge in [-0.25, -0.2) is 8.78 Å². The Morgan fingerprint density at radius 1 is 1.07 bits per heavy atom. The summed E-state index contributed by atoms with van der Waals surface area (Å²) in [5, 5.41) is 2.77. The zero-order valence-corrected chi connectivity index (χ0v) is 17.5. The number of hydrogen-bond donors (Lipinski definition) is 1. The van der Waals surface area contributed by atoms with E-state index in [0.717, 1.165) is 5.56 Å². The number of likely N-dealkylation sites (N-methyl/N-ethyl adjacent to an activating group) is 1. The standard InChI is InChI=1S/C22H26F2N2O2S/c1-3-20(22(28)25-4-2)26(13-16-9-11-18(23)12-10-16)21(27)15-29-14-17-7-5-6-8-19(17)24/h5-12,20H,3-4,13-15H2,1-2H3,(H,25,28)/t20-/m1/s1. The highest BCUT2D eigenvalue weighted by atomic mass is 32.2. The lowest BCUT2D eigenvalue weighted by Crippen LogP contribution is -2.49. The van der Waals surface area contributed by atoms with Crippen LogP contribution >= 0.6 is 11.8 Å². The number of halogens is 2. The molecule has 0 bridgehead atoms. The first kappa shape index (κ1) is 22.9. The van der Waals surface area contributed by atoms with Crippen LogP contribution in [0.1, 0.15) is 31.4 Å². The predicted octanol–water partition coefficient (Wildman–Crippen LogP) is 4.14. The van der Waals surface area contributed by atoms with Crippen LogP contribution in [0.25, 0.3) is 0 Å². The third-order valence-corrected chi connectivity index (χ3v) is 5.41. The van der Waals surface area contributed by atoms with Gasteiger partial charge >= 0.3 is 0 Å². The Hall–Kier alpha value is -2.41. The number of nitrogens with zero attached hydrogens (tertiary/aromatic N) is 1. The van der Waals surface area contributed by atoms with E-state index in [1.807, 2.05) is 13.8 Å². The van der Waals surface area contributed by atoms with E-state index < -0.39 is 6.04 Å². The summed E-state index contributed by atoms with van der Waals surface area (Å²) >= 11 is 1.30. The van der Waals surface area contributed by atoms with Crippen LogP contribution in [0.5, 0.6) is 0 Å². The average molecular weight is 421 g/mol. The molecule has 0 spiro atoms. The van der Waals surface area contributed by atoms with Crippen molar-refractivity contribution in [2.75, 3.05) is 12.3 Å². The molecule has 2 rings (SSSR count). The van der Waals surface area contributed by atoms with Crippen LogP contribution in [0.2, 0.25) is 0 Å². The van der Waals surface area contributed by atoms with Gasteiger partial charge in [-0.15, -0.1) is 11.8 Å². The number of carbonyl (C=O) groups excluding carboxylic acids is 2. The molecule has 0 radical (unpaired) electrons. The molecule has 0 aliphatic rings. The number of rotatable bonds is 10. The van der Waals surface area contributed by atoms with E-state index in [0.29, 0.717) is 24.3 Å². The van der Waals surface area contributed by atoms with Gasteiger partial charge in [0, 0.05) is 18.8 Å².